The lowest BCUT2D eigenvalue weighted by Gasteiger charge is -2.19. The molecule has 10 heteroatoms. The second-order valence-electron chi connectivity index (χ2n) is 8.65. The highest BCUT2D eigenvalue weighted by Gasteiger charge is 2.32. The lowest BCUT2D eigenvalue weighted by molar-refractivity contribution is -0.00244. The number of nitrogens with one attached hydrogen (secondary N) is 1. The number of nitrogens with two attached hydrogens (primary N) is 1. The zero-order chi connectivity index (χ0) is 22.4. The number of aromatic nitrogens is 1. The summed E-state index contributed by atoms with van der Waals surface area (Å²) in [5, 5.41) is 28.3. The van der Waals surface area contributed by atoms with Gasteiger partial charge in [-0.2, -0.15) is 0 Å². The molecule has 1 aromatic carbocycles. The van der Waals surface area contributed by atoms with E-state index in [1.54, 1.807) is 0 Å². The fourth-order valence-electron chi connectivity index (χ4n) is 4.07. The van der Waals surface area contributed by atoms with E-state index in [1.165, 1.54) is 31.5 Å². The fraction of sp³-hybridized carbons (Fsp3) is 0.524. The van der Waals surface area contributed by atoms with Crippen LogP contribution in [0.4, 0.5) is 10.5 Å². The van der Waals surface area contributed by atoms with E-state index in [-0.39, 0.29) is 9.22 Å². The van der Waals surface area contributed by atoms with Crippen LogP contribution in [0.5, 0.6) is 0 Å². The van der Waals surface area contributed by atoms with E-state index in [0.717, 1.165) is 47.4 Å². The van der Waals surface area contributed by atoms with E-state index >= 15 is 0 Å². The Morgan fingerprint density at radius 2 is 2.19 bits per heavy atom. The minimum Gasteiger partial charge on any atom is -0.393 e. The molecule has 0 bridgehead atoms. The Kier molecular flexibility index (Phi) is 5.95. The Morgan fingerprint density at radius 3 is 2.87 bits per heavy atom. The van der Waals surface area contributed by atoms with E-state index in [4.69, 9.17) is 5.14 Å². The second kappa shape index (κ2) is 8.25. The summed E-state index contributed by atoms with van der Waals surface area (Å²) in [6.45, 7) is 3.01. The zero-order valence-corrected chi connectivity index (χ0v) is 19.3. The van der Waals surface area contributed by atoms with Gasteiger partial charge < -0.3 is 15.5 Å². The number of aliphatic hydroxyl groups is 2. The van der Waals surface area contributed by atoms with Crippen molar-refractivity contribution in [3.8, 4) is 0 Å². The average Bonchev–Trinajstić information content (AvgIpc) is 3.23. The van der Waals surface area contributed by atoms with Gasteiger partial charge in [-0.3, -0.25) is 0 Å². The van der Waals surface area contributed by atoms with Crippen molar-refractivity contribution in [3.05, 3.63) is 40.0 Å². The van der Waals surface area contributed by atoms with E-state index in [1.807, 2.05) is 0 Å². The molecule has 8 nitrogen and oxygen atoms in total. The number of aryl methyl sites for hydroxylation is 1. The van der Waals surface area contributed by atoms with Gasteiger partial charge in [-0.1, -0.05) is 19.1 Å². The van der Waals surface area contributed by atoms with Crippen LogP contribution in [0.1, 0.15) is 60.7 Å². The Labute approximate surface area is 186 Å². The SMILES string of the molecule is CC(c1ccc2c(c1NC(=O)N=S(N)(=O)c1cnc(C(C)(O)CO)s1)CCC2)C1CC1. The van der Waals surface area contributed by atoms with Crippen molar-refractivity contribution in [1.29, 1.82) is 0 Å². The summed E-state index contributed by atoms with van der Waals surface area (Å²) in [5.41, 5.74) is 2.66. The van der Waals surface area contributed by atoms with Gasteiger partial charge in [0.1, 0.15) is 14.8 Å². The molecule has 2 aliphatic carbocycles. The van der Waals surface area contributed by atoms with E-state index in [9.17, 15) is 19.2 Å². The van der Waals surface area contributed by atoms with Crippen LogP contribution in [0.25, 0.3) is 0 Å². The van der Waals surface area contributed by atoms with Crippen molar-refractivity contribution in [2.45, 2.75) is 61.7 Å². The summed E-state index contributed by atoms with van der Waals surface area (Å²) in [5.74, 6) is 0.953. The Bertz CT molecular complexity index is 1130. The van der Waals surface area contributed by atoms with Gasteiger partial charge in [0.05, 0.1) is 12.8 Å². The number of thiazole rings is 1. The molecular weight excluding hydrogens is 436 g/mol. The van der Waals surface area contributed by atoms with Gasteiger partial charge in [0, 0.05) is 5.69 Å². The number of benzene rings is 1. The molecule has 4 rings (SSSR count). The van der Waals surface area contributed by atoms with Crippen LogP contribution in [0.2, 0.25) is 0 Å². The molecule has 0 saturated heterocycles. The van der Waals surface area contributed by atoms with Crippen molar-refractivity contribution in [1.82, 2.24) is 4.98 Å². The number of nitrogens with zero attached hydrogens (tertiary/aromatic N) is 2. The maximum Gasteiger partial charge on any atom is 0.354 e. The maximum absolute atomic E-state index is 13.0. The number of anilines is 1. The summed E-state index contributed by atoms with van der Waals surface area (Å²) in [6.07, 6.45) is 6.52. The number of urea groups is 1. The molecule has 1 heterocycles. The Morgan fingerprint density at radius 1 is 1.45 bits per heavy atom. The molecule has 2 aliphatic rings. The maximum atomic E-state index is 13.0. The number of rotatable bonds is 6. The van der Waals surface area contributed by atoms with Gasteiger partial charge in [0.2, 0.25) is 0 Å². The van der Waals surface area contributed by atoms with Gasteiger partial charge in [-0.25, -0.2) is 19.1 Å². The third kappa shape index (κ3) is 4.54. The minimum absolute atomic E-state index is 0.0660. The van der Waals surface area contributed by atoms with Crippen molar-refractivity contribution < 1.29 is 19.2 Å². The highest BCUT2D eigenvalue weighted by Crippen LogP contribution is 2.46. The third-order valence-electron chi connectivity index (χ3n) is 6.13. The molecule has 5 N–H and O–H groups in total. The number of aliphatic hydroxyl groups excluding tert-OH is 1. The molecule has 0 radical (unpaired) electrons. The van der Waals surface area contributed by atoms with Crippen molar-refractivity contribution in [2.75, 3.05) is 11.9 Å². The third-order valence-corrected chi connectivity index (χ3v) is 9.26. The molecular formula is C21H28N4O4S2. The molecule has 3 atom stereocenters. The van der Waals surface area contributed by atoms with Crippen molar-refractivity contribution >= 4 is 33.0 Å². The Hall–Kier alpha value is -1.85. The highest BCUT2D eigenvalue weighted by atomic mass is 32.2. The van der Waals surface area contributed by atoms with Crippen LogP contribution >= 0.6 is 11.3 Å². The summed E-state index contributed by atoms with van der Waals surface area (Å²) >= 11 is 0.865. The lowest BCUT2D eigenvalue weighted by atomic mass is 9.91. The zero-order valence-electron chi connectivity index (χ0n) is 17.6. The van der Waals surface area contributed by atoms with E-state index < -0.39 is 28.2 Å². The quantitative estimate of drug-likeness (QED) is 0.520. The monoisotopic (exact) mass is 464 g/mol. The normalized spacial score (nSPS) is 20.4. The van der Waals surface area contributed by atoms with Gasteiger partial charge in [0.15, 0.2) is 9.92 Å². The molecule has 1 saturated carbocycles. The number of carbonyl (C=O) groups is 1. The van der Waals surface area contributed by atoms with Crippen LogP contribution in [-0.2, 0) is 28.4 Å². The number of hydrogen-bond acceptors (Lipinski definition) is 6. The molecule has 0 spiro atoms. The van der Waals surface area contributed by atoms with Crippen molar-refractivity contribution in [3.63, 3.8) is 0 Å². The first kappa shape index (κ1) is 22.3. The van der Waals surface area contributed by atoms with Crippen LogP contribution < -0.4 is 10.5 Å². The molecule has 1 aromatic heterocycles. The predicted octanol–water partition coefficient (Wildman–Crippen LogP) is 3.28. The molecule has 2 aromatic rings. The fourth-order valence-corrected chi connectivity index (χ4v) is 6.17. The largest absolute Gasteiger partial charge is 0.393 e. The van der Waals surface area contributed by atoms with Crippen LogP contribution in [0.3, 0.4) is 0 Å². The Balaban J connectivity index is 1.63. The van der Waals surface area contributed by atoms with Crippen LogP contribution in [0, 0.1) is 5.92 Å². The van der Waals surface area contributed by atoms with Gasteiger partial charge >= 0.3 is 6.03 Å². The molecule has 2 amide bonds. The van der Waals surface area contributed by atoms with Gasteiger partial charge in [-0.05, 0) is 67.6 Å². The second-order valence-corrected chi connectivity index (χ2v) is 11.7. The van der Waals surface area contributed by atoms with Gasteiger partial charge in [-0.15, -0.1) is 15.7 Å². The molecule has 0 aliphatic heterocycles. The number of carbonyl (C=O) groups excluding carboxylic acids is 1. The highest BCUT2D eigenvalue weighted by molar-refractivity contribution is 7.93. The number of fused-ring (bicyclic) bond motifs is 1. The first-order valence-electron chi connectivity index (χ1n) is 10.4. The van der Waals surface area contributed by atoms with Crippen LogP contribution in [0.15, 0.2) is 26.9 Å². The molecule has 168 valence electrons. The topological polar surface area (TPSA) is 138 Å². The molecule has 31 heavy (non-hydrogen) atoms. The smallest absolute Gasteiger partial charge is 0.354 e. The predicted molar refractivity (Wildman–Crippen MR) is 120 cm³/mol. The standard InChI is InChI=1S/C21H28N4O4S2/c1-12(13-6-7-13)15-9-8-14-4-3-5-16(14)18(15)24-20(27)25-31(22,29)17-10-23-19(30-17)21(2,28)11-26/h8-10,12-13,26,28H,3-7,11H2,1-2H3,(H3,22,24,25,27,29). The first-order chi connectivity index (χ1) is 14.6. The van der Waals surface area contributed by atoms with Crippen molar-refractivity contribution in [2.24, 2.45) is 15.4 Å². The summed E-state index contributed by atoms with van der Waals surface area (Å²) in [4.78, 5) is 16.8. The summed E-state index contributed by atoms with van der Waals surface area (Å²) in [6, 6.07) is 3.48. The summed E-state index contributed by atoms with van der Waals surface area (Å²) < 4.78 is 16.8. The molecule has 1 fully saturated rings. The van der Waals surface area contributed by atoms with E-state index in [0.29, 0.717) is 11.8 Å². The average molecular weight is 465 g/mol. The number of hydrogen-bond donors (Lipinski definition) is 4. The lowest BCUT2D eigenvalue weighted by Crippen LogP contribution is -2.25. The number of amides is 2. The first-order valence-corrected chi connectivity index (χ1v) is 12.8. The van der Waals surface area contributed by atoms with Gasteiger partial charge in [0.25, 0.3) is 0 Å². The molecule has 3 unspecified atom stereocenters. The van der Waals surface area contributed by atoms with E-state index in [2.05, 4.69) is 33.7 Å². The minimum atomic E-state index is -3.55. The summed E-state index contributed by atoms with van der Waals surface area (Å²) in [7, 11) is -3.55. The van der Waals surface area contributed by atoms with Crippen LogP contribution in [-0.4, -0.2) is 32.0 Å².